The van der Waals surface area contributed by atoms with Crippen LogP contribution in [0.4, 0.5) is 0 Å². The largest absolute Gasteiger partial charge is 0.369 e. The number of allylic oxidation sites excluding steroid dienone is 1. The Kier molecular flexibility index (Phi) is 9.85. The van der Waals surface area contributed by atoms with Crippen LogP contribution in [0.15, 0.2) is 48.0 Å². The number of nitrogens with zero attached hydrogens (tertiary/aromatic N) is 3. The number of carbonyl (C=O) groups is 2. The Morgan fingerprint density at radius 3 is 2.21 bits per heavy atom. The first-order valence-electron chi connectivity index (χ1n) is 10.4. The van der Waals surface area contributed by atoms with Gasteiger partial charge < -0.3 is 10.2 Å². The molecule has 0 saturated carbocycles. The molecule has 11 heteroatoms. The van der Waals surface area contributed by atoms with Gasteiger partial charge in [0.25, 0.3) is 5.70 Å². The standard InChI is InChI=1S/C23H25Cl3N4O4/c1-5-29(12-15-6-9-19(26)28-11-15)23(27-4)22(30(33)34)21(20(13(2)31)14(3)32)16-7-8-17(24)18(25)10-16/h6-11,20-21,27H,5,12H2,1-4H3/b23-22-. The highest BCUT2D eigenvalue weighted by atomic mass is 35.5. The van der Waals surface area contributed by atoms with Crippen LogP contribution in [-0.2, 0) is 16.1 Å². The van der Waals surface area contributed by atoms with Gasteiger partial charge in [0.1, 0.15) is 16.7 Å². The van der Waals surface area contributed by atoms with Crippen molar-refractivity contribution >= 4 is 46.4 Å². The van der Waals surface area contributed by atoms with Crippen molar-refractivity contribution in [3.63, 3.8) is 0 Å². The number of hydrogen-bond donors (Lipinski definition) is 1. The first-order valence-corrected chi connectivity index (χ1v) is 11.5. The van der Waals surface area contributed by atoms with Gasteiger partial charge in [-0.25, -0.2) is 4.98 Å². The number of benzene rings is 1. The normalized spacial score (nSPS) is 12.7. The van der Waals surface area contributed by atoms with Gasteiger partial charge in [-0.15, -0.1) is 0 Å². The van der Waals surface area contributed by atoms with Crippen molar-refractivity contribution in [1.82, 2.24) is 15.2 Å². The number of nitrogens with one attached hydrogen (secondary N) is 1. The molecule has 1 atom stereocenters. The third-order valence-electron chi connectivity index (χ3n) is 5.34. The first kappa shape index (κ1) is 27.6. The molecular weight excluding hydrogens is 503 g/mol. The molecule has 0 radical (unpaired) electrons. The van der Waals surface area contributed by atoms with Gasteiger partial charge in [0.15, 0.2) is 5.82 Å². The molecule has 8 nitrogen and oxygen atoms in total. The molecule has 34 heavy (non-hydrogen) atoms. The lowest BCUT2D eigenvalue weighted by Gasteiger charge is -2.29. The minimum Gasteiger partial charge on any atom is -0.369 e. The van der Waals surface area contributed by atoms with Gasteiger partial charge in [-0.1, -0.05) is 46.9 Å². The summed E-state index contributed by atoms with van der Waals surface area (Å²) < 4.78 is 0. The van der Waals surface area contributed by atoms with Crippen molar-refractivity contribution in [3.05, 3.63) is 84.5 Å². The van der Waals surface area contributed by atoms with E-state index in [0.29, 0.717) is 17.3 Å². The Morgan fingerprint density at radius 1 is 1.12 bits per heavy atom. The van der Waals surface area contributed by atoms with Crippen molar-refractivity contribution in [3.8, 4) is 0 Å². The van der Waals surface area contributed by atoms with Crippen molar-refractivity contribution in [2.45, 2.75) is 33.2 Å². The number of Topliss-reactive ketones (excluding diaryl/α,β-unsaturated/α-hetero) is 2. The zero-order chi connectivity index (χ0) is 25.6. The van der Waals surface area contributed by atoms with Crippen LogP contribution in [0.25, 0.3) is 0 Å². The van der Waals surface area contributed by atoms with Crippen LogP contribution in [0.1, 0.15) is 37.8 Å². The fourth-order valence-electron chi connectivity index (χ4n) is 3.83. The van der Waals surface area contributed by atoms with Gasteiger partial charge in [-0.2, -0.15) is 0 Å². The van der Waals surface area contributed by atoms with E-state index in [9.17, 15) is 19.7 Å². The van der Waals surface area contributed by atoms with E-state index in [2.05, 4.69) is 10.3 Å². The Hall–Kier alpha value is -2.68. The van der Waals surface area contributed by atoms with Crippen LogP contribution >= 0.6 is 34.8 Å². The highest BCUT2D eigenvalue weighted by Gasteiger charge is 2.43. The molecule has 1 heterocycles. The van der Waals surface area contributed by atoms with Crippen molar-refractivity contribution in [2.24, 2.45) is 5.92 Å². The summed E-state index contributed by atoms with van der Waals surface area (Å²) in [5.74, 6) is -3.34. The second-order valence-electron chi connectivity index (χ2n) is 7.59. The summed E-state index contributed by atoms with van der Waals surface area (Å²) in [6.07, 6.45) is 1.58. The molecule has 1 aromatic heterocycles. The number of aromatic nitrogens is 1. The Morgan fingerprint density at radius 2 is 1.76 bits per heavy atom. The molecular formula is C23H25Cl3N4O4. The molecule has 0 bridgehead atoms. The fourth-order valence-corrected chi connectivity index (χ4v) is 4.25. The molecule has 1 aromatic carbocycles. The quantitative estimate of drug-likeness (QED) is 0.187. The summed E-state index contributed by atoms with van der Waals surface area (Å²) in [6, 6.07) is 7.86. The summed E-state index contributed by atoms with van der Waals surface area (Å²) in [4.78, 5) is 42.9. The van der Waals surface area contributed by atoms with Gasteiger partial charge in [-0.3, -0.25) is 19.7 Å². The highest BCUT2D eigenvalue weighted by molar-refractivity contribution is 6.42. The SMILES string of the molecule is CCN(Cc1ccc(Cl)nc1)/C(NC)=C(/C(c1ccc(Cl)c(Cl)c1)C(C(C)=O)C(C)=O)[N+](=O)[O-]. The lowest BCUT2D eigenvalue weighted by Crippen LogP contribution is -2.37. The van der Waals surface area contributed by atoms with Crippen LogP contribution in [0.5, 0.6) is 0 Å². The smallest absolute Gasteiger partial charge is 0.294 e. The van der Waals surface area contributed by atoms with Crippen LogP contribution in [0.3, 0.4) is 0 Å². The van der Waals surface area contributed by atoms with Gasteiger partial charge in [0, 0.05) is 26.3 Å². The summed E-state index contributed by atoms with van der Waals surface area (Å²) in [6.45, 7) is 4.97. The minimum absolute atomic E-state index is 0.156. The zero-order valence-corrected chi connectivity index (χ0v) is 21.4. The number of carbonyl (C=O) groups excluding carboxylic acids is 2. The zero-order valence-electron chi connectivity index (χ0n) is 19.1. The van der Waals surface area contributed by atoms with E-state index in [1.165, 1.54) is 32.0 Å². The Labute approximate surface area is 213 Å². The Bertz CT molecular complexity index is 1090. The lowest BCUT2D eigenvalue weighted by atomic mass is 9.79. The van der Waals surface area contributed by atoms with E-state index >= 15 is 0 Å². The van der Waals surface area contributed by atoms with Crippen LogP contribution in [-0.4, -0.2) is 40.0 Å². The van der Waals surface area contributed by atoms with E-state index in [1.54, 1.807) is 30.3 Å². The average molecular weight is 528 g/mol. The van der Waals surface area contributed by atoms with Crippen LogP contribution < -0.4 is 5.32 Å². The fraction of sp³-hybridized carbons (Fsp3) is 0.348. The predicted molar refractivity (Wildman–Crippen MR) is 132 cm³/mol. The van der Waals surface area contributed by atoms with Gasteiger partial charge in [0.2, 0.25) is 0 Å². The summed E-state index contributed by atoms with van der Waals surface area (Å²) >= 11 is 18.1. The molecule has 182 valence electrons. The van der Waals surface area contributed by atoms with Crippen molar-refractivity contribution in [2.75, 3.05) is 13.6 Å². The maximum atomic E-state index is 12.6. The lowest BCUT2D eigenvalue weighted by molar-refractivity contribution is -0.433. The highest BCUT2D eigenvalue weighted by Crippen LogP contribution is 2.38. The van der Waals surface area contributed by atoms with Crippen LogP contribution in [0.2, 0.25) is 15.2 Å². The maximum absolute atomic E-state index is 12.6. The summed E-state index contributed by atoms with van der Waals surface area (Å²) in [7, 11) is 1.55. The number of ketones is 2. The van der Waals surface area contributed by atoms with E-state index in [-0.39, 0.29) is 28.1 Å². The van der Waals surface area contributed by atoms with Gasteiger partial charge >= 0.3 is 0 Å². The molecule has 2 rings (SSSR count). The maximum Gasteiger partial charge on any atom is 0.294 e. The summed E-state index contributed by atoms with van der Waals surface area (Å²) in [5, 5.41) is 16.1. The minimum atomic E-state index is -1.29. The topological polar surface area (TPSA) is 105 Å². The molecule has 0 aliphatic carbocycles. The monoisotopic (exact) mass is 526 g/mol. The first-order chi connectivity index (χ1) is 16.0. The van der Waals surface area contributed by atoms with Gasteiger partial charge in [-0.05, 0) is 50.1 Å². The van der Waals surface area contributed by atoms with E-state index in [4.69, 9.17) is 34.8 Å². The molecule has 0 fully saturated rings. The molecule has 0 saturated heterocycles. The van der Waals surface area contributed by atoms with Crippen molar-refractivity contribution < 1.29 is 14.5 Å². The summed E-state index contributed by atoms with van der Waals surface area (Å²) in [5.41, 5.74) is 0.760. The predicted octanol–water partition coefficient (Wildman–Crippen LogP) is 5.11. The number of nitro groups is 1. The molecule has 1 unspecified atom stereocenters. The molecule has 0 amide bonds. The second-order valence-corrected chi connectivity index (χ2v) is 8.80. The molecule has 1 N–H and O–H groups in total. The number of halogens is 3. The van der Waals surface area contributed by atoms with Gasteiger partial charge in [0.05, 0.1) is 26.8 Å². The Balaban J connectivity index is 2.79. The average Bonchev–Trinajstić information content (AvgIpc) is 2.77. The van der Waals surface area contributed by atoms with Crippen molar-refractivity contribution in [1.29, 1.82) is 0 Å². The number of rotatable bonds is 11. The van der Waals surface area contributed by atoms with Crippen LogP contribution in [0, 0.1) is 16.0 Å². The third-order valence-corrected chi connectivity index (χ3v) is 6.31. The molecule has 2 aromatic rings. The molecule has 0 aliphatic rings. The molecule has 0 aliphatic heterocycles. The van der Waals surface area contributed by atoms with E-state index in [0.717, 1.165) is 5.56 Å². The van der Waals surface area contributed by atoms with E-state index in [1.807, 2.05) is 6.92 Å². The second kappa shape index (κ2) is 12.1. The third kappa shape index (κ3) is 6.46. The number of hydrogen-bond acceptors (Lipinski definition) is 7. The number of pyridine rings is 1. The molecule has 0 spiro atoms. The van der Waals surface area contributed by atoms with E-state index < -0.39 is 28.3 Å².